The maximum absolute atomic E-state index is 12.9. The molecule has 0 bridgehead atoms. The Morgan fingerprint density at radius 3 is 2.16 bits per heavy atom. The second-order valence-corrected chi connectivity index (χ2v) is 5.07. The van der Waals surface area contributed by atoms with E-state index in [1.54, 1.807) is 30.3 Å². The molecular weight excluding hydrogens is 284 g/mol. The van der Waals surface area contributed by atoms with E-state index in [2.05, 4.69) is 5.32 Å². The van der Waals surface area contributed by atoms with Crippen molar-refractivity contribution in [2.45, 2.75) is 19.4 Å². The van der Waals surface area contributed by atoms with E-state index in [0.29, 0.717) is 15.7 Å². The summed E-state index contributed by atoms with van der Waals surface area (Å²) >= 11 is 12.3. The highest BCUT2D eigenvalue weighted by atomic mass is 35.5. The number of anilines is 1. The van der Waals surface area contributed by atoms with Gasteiger partial charge in [-0.25, -0.2) is 4.39 Å². The van der Waals surface area contributed by atoms with Crippen LogP contribution >= 0.6 is 23.2 Å². The number of nitrogens with one attached hydrogen (secondary N) is 1. The fourth-order valence-corrected chi connectivity index (χ4v) is 2.43. The zero-order valence-electron chi connectivity index (χ0n) is 10.5. The lowest BCUT2D eigenvalue weighted by molar-refractivity contribution is 0.625. The predicted octanol–water partition coefficient (Wildman–Crippen LogP) is 5.70. The molecule has 0 aliphatic heterocycles. The van der Waals surface area contributed by atoms with Crippen LogP contribution in [0.15, 0.2) is 42.5 Å². The number of hydrogen-bond acceptors (Lipinski definition) is 1. The Morgan fingerprint density at radius 1 is 1.05 bits per heavy atom. The lowest BCUT2D eigenvalue weighted by atomic mass is 10.0. The van der Waals surface area contributed by atoms with E-state index in [4.69, 9.17) is 23.2 Å². The molecule has 2 aromatic carbocycles. The zero-order chi connectivity index (χ0) is 13.8. The topological polar surface area (TPSA) is 12.0 Å². The molecule has 1 atom stereocenters. The van der Waals surface area contributed by atoms with Crippen molar-refractivity contribution in [1.29, 1.82) is 0 Å². The Morgan fingerprint density at radius 2 is 1.63 bits per heavy atom. The van der Waals surface area contributed by atoms with Crippen LogP contribution in [0.1, 0.15) is 24.9 Å². The van der Waals surface area contributed by atoms with Crippen LogP contribution < -0.4 is 5.32 Å². The molecule has 0 heterocycles. The van der Waals surface area contributed by atoms with Gasteiger partial charge in [0.15, 0.2) is 0 Å². The molecule has 0 saturated heterocycles. The number of benzene rings is 2. The summed E-state index contributed by atoms with van der Waals surface area (Å²) in [5.74, 6) is -0.241. The Labute approximate surface area is 122 Å². The molecule has 2 aromatic rings. The summed E-state index contributed by atoms with van der Waals surface area (Å²) in [4.78, 5) is 0. The number of halogens is 3. The van der Waals surface area contributed by atoms with Crippen molar-refractivity contribution < 1.29 is 4.39 Å². The quantitative estimate of drug-likeness (QED) is 0.764. The van der Waals surface area contributed by atoms with Gasteiger partial charge in [0.05, 0.1) is 21.8 Å². The first kappa shape index (κ1) is 14.2. The van der Waals surface area contributed by atoms with Crippen LogP contribution in [0.4, 0.5) is 10.1 Å². The van der Waals surface area contributed by atoms with Gasteiger partial charge in [0.2, 0.25) is 0 Å². The van der Waals surface area contributed by atoms with Gasteiger partial charge in [0.25, 0.3) is 0 Å². The Hall–Kier alpha value is -1.25. The minimum absolute atomic E-state index is 0.0398. The zero-order valence-corrected chi connectivity index (χ0v) is 12.0. The van der Waals surface area contributed by atoms with Gasteiger partial charge >= 0.3 is 0 Å². The highest BCUT2D eigenvalue weighted by Crippen LogP contribution is 2.33. The molecule has 0 saturated carbocycles. The molecular formula is C15H14Cl2FN. The molecule has 2 rings (SSSR count). The van der Waals surface area contributed by atoms with Gasteiger partial charge in [-0.3, -0.25) is 0 Å². The third-order valence-corrected chi connectivity index (χ3v) is 3.59. The van der Waals surface area contributed by atoms with Crippen molar-refractivity contribution in [3.8, 4) is 0 Å². The standard InChI is InChI=1S/C15H14Cl2FN/c1-2-14(10-6-8-11(18)9-7-10)19-15-12(16)4-3-5-13(15)17/h3-9,14,19H,2H2,1H3. The maximum atomic E-state index is 12.9. The maximum Gasteiger partial charge on any atom is 0.123 e. The highest BCUT2D eigenvalue weighted by molar-refractivity contribution is 6.39. The summed E-state index contributed by atoms with van der Waals surface area (Å²) in [7, 11) is 0. The molecule has 1 unspecified atom stereocenters. The van der Waals surface area contributed by atoms with E-state index >= 15 is 0 Å². The van der Waals surface area contributed by atoms with Crippen molar-refractivity contribution in [2.75, 3.05) is 5.32 Å². The molecule has 4 heteroatoms. The summed E-state index contributed by atoms with van der Waals surface area (Å²) < 4.78 is 12.9. The average Bonchev–Trinajstić information content (AvgIpc) is 2.40. The number of hydrogen-bond donors (Lipinski definition) is 1. The summed E-state index contributed by atoms with van der Waals surface area (Å²) in [6.07, 6.45) is 0.840. The lowest BCUT2D eigenvalue weighted by Crippen LogP contribution is -2.10. The minimum Gasteiger partial charge on any atom is -0.376 e. The summed E-state index contributed by atoms with van der Waals surface area (Å²) in [5, 5.41) is 4.47. The van der Waals surface area contributed by atoms with Gasteiger partial charge in [-0.15, -0.1) is 0 Å². The summed E-state index contributed by atoms with van der Waals surface area (Å²) in [5.41, 5.74) is 1.71. The molecule has 0 amide bonds. The molecule has 0 aliphatic rings. The van der Waals surface area contributed by atoms with Crippen LogP contribution in [0, 0.1) is 5.82 Å². The molecule has 0 spiro atoms. The highest BCUT2D eigenvalue weighted by Gasteiger charge is 2.13. The molecule has 1 N–H and O–H groups in total. The molecule has 0 fully saturated rings. The summed E-state index contributed by atoms with van der Waals surface area (Å²) in [6, 6.07) is 11.8. The normalized spacial score (nSPS) is 12.2. The Kier molecular flexibility index (Phi) is 4.67. The van der Waals surface area contributed by atoms with E-state index in [9.17, 15) is 4.39 Å². The fraction of sp³-hybridized carbons (Fsp3) is 0.200. The van der Waals surface area contributed by atoms with Gasteiger partial charge in [0.1, 0.15) is 5.82 Å². The van der Waals surface area contributed by atoms with Crippen LogP contribution in [0.25, 0.3) is 0 Å². The molecule has 0 radical (unpaired) electrons. The lowest BCUT2D eigenvalue weighted by Gasteiger charge is -2.20. The van der Waals surface area contributed by atoms with Crippen molar-refractivity contribution in [1.82, 2.24) is 0 Å². The summed E-state index contributed by atoms with van der Waals surface area (Å²) in [6.45, 7) is 2.05. The van der Waals surface area contributed by atoms with Crippen LogP contribution in [0.2, 0.25) is 10.0 Å². The van der Waals surface area contributed by atoms with Gasteiger partial charge in [-0.05, 0) is 36.2 Å². The molecule has 0 aromatic heterocycles. The third kappa shape index (κ3) is 3.40. The minimum atomic E-state index is -0.241. The molecule has 100 valence electrons. The molecule has 19 heavy (non-hydrogen) atoms. The van der Waals surface area contributed by atoms with E-state index < -0.39 is 0 Å². The van der Waals surface area contributed by atoms with Gasteiger partial charge in [0, 0.05) is 0 Å². The van der Waals surface area contributed by atoms with Crippen LogP contribution in [-0.4, -0.2) is 0 Å². The van der Waals surface area contributed by atoms with E-state index in [0.717, 1.165) is 12.0 Å². The largest absolute Gasteiger partial charge is 0.376 e. The smallest absolute Gasteiger partial charge is 0.123 e. The van der Waals surface area contributed by atoms with E-state index in [1.165, 1.54) is 12.1 Å². The first-order valence-electron chi connectivity index (χ1n) is 6.08. The molecule has 1 nitrogen and oxygen atoms in total. The second-order valence-electron chi connectivity index (χ2n) is 4.25. The third-order valence-electron chi connectivity index (χ3n) is 2.96. The Balaban J connectivity index is 2.26. The van der Waals surface area contributed by atoms with Crippen LogP contribution in [0.5, 0.6) is 0 Å². The monoisotopic (exact) mass is 297 g/mol. The van der Waals surface area contributed by atoms with Gasteiger partial charge in [-0.2, -0.15) is 0 Å². The van der Waals surface area contributed by atoms with E-state index in [-0.39, 0.29) is 11.9 Å². The van der Waals surface area contributed by atoms with Crippen molar-refractivity contribution in [2.24, 2.45) is 0 Å². The van der Waals surface area contributed by atoms with Gasteiger partial charge in [-0.1, -0.05) is 48.3 Å². The van der Waals surface area contributed by atoms with Crippen molar-refractivity contribution in [3.05, 3.63) is 63.9 Å². The van der Waals surface area contributed by atoms with Gasteiger partial charge < -0.3 is 5.32 Å². The fourth-order valence-electron chi connectivity index (χ4n) is 1.93. The average molecular weight is 298 g/mol. The first-order chi connectivity index (χ1) is 9.11. The Bertz CT molecular complexity index is 534. The van der Waals surface area contributed by atoms with Crippen LogP contribution in [-0.2, 0) is 0 Å². The number of para-hydroxylation sites is 1. The van der Waals surface area contributed by atoms with Crippen LogP contribution in [0.3, 0.4) is 0 Å². The SMILES string of the molecule is CCC(Nc1c(Cl)cccc1Cl)c1ccc(F)cc1. The number of rotatable bonds is 4. The van der Waals surface area contributed by atoms with E-state index in [1.807, 2.05) is 6.92 Å². The second kappa shape index (κ2) is 6.27. The van der Waals surface area contributed by atoms with Crippen molar-refractivity contribution in [3.63, 3.8) is 0 Å². The first-order valence-corrected chi connectivity index (χ1v) is 6.83. The predicted molar refractivity (Wildman–Crippen MR) is 79.5 cm³/mol. The molecule has 0 aliphatic carbocycles. The van der Waals surface area contributed by atoms with Crippen molar-refractivity contribution >= 4 is 28.9 Å².